The molecule has 1 rings (SSSR count). The lowest BCUT2D eigenvalue weighted by molar-refractivity contribution is -0.116. The summed E-state index contributed by atoms with van der Waals surface area (Å²) in [6, 6.07) is 7.61. The summed E-state index contributed by atoms with van der Waals surface area (Å²) in [5, 5.41) is 11.6. The topological polar surface area (TPSA) is 75.4 Å². The van der Waals surface area contributed by atoms with Gasteiger partial charge in [0, 0.05) is 24.8 Å². The number of aryl methyl sites for hydroxylation is 1. The third kappa shape index (κ3) is 5.29. The van der Waals surface area contributed by atoms with Crippen LogP contribution in [-0.4, -0.2) is 23.7 Å². The molecule has 0 saturated carbocycles. The third-order valence-corrected chi connectivity index (χ3v) is 2.81. The second kappa shape index (κ2) is 7.84. The first-order valence-corrected chi connectivity index (χ1v) is 6.41. The van der Waals surface area contributed by atoms with Crippen LogP contribution in [0.4, 0.5) is 5.69 Å². The lowest BCUT2D eigenvalue weighted by Gasteiger charge is -2.10. The maximum absolute atomic E-state index is 11.7. The Morgan fingerprint density at radius 2 is 2.28 bits per heavy atom. The molecule has 1 atom stereocenters. The molecule has 0 aliphatic rings. The maximum atomic E-state index is 11.7. The van der Waals surface area contributed by atoms with Crippen molar-refractivity contribution in [3.63, 3.8) is 0 Å². The highest BCUT2D eigenvalue weighted by atomic mass is 16.2. The lowest BCUT2D eigenvalue weighted by Crippen LogP contribution is -2.26. The van der Waals surface area contributed by atoms with Gasteiger partial charge in [0.1, 0.15) is 0 Å². The van der Waals surface area contributed by atoms with Crippen molar-refractivity contribution in [1.82, 2.24) is 0 Å². The monoisotopic (exact) mass is 250 g/mol. The fraction of sp³-hybridized carbons (Fsp3) is 0.500. The smallest absolute Gasteiger partial charge is 0.225 e. The summed E-state index contributed by atoms with van der Waals surface area (Å²) >= 11 is 0. The fourth-order valence-corrected chi connectivity index (χ4v) is 1.68. The molecule has 100 valence electrons. The van der Waals surface area contributed by atoms with Crippen LogP contribution in [0.2, 0.25) is 0 Å². The summed E-state index contributed by atoms with van der Waals surface area (Å²) in [6.45, 7) is 2.15. The van der Waals surface area contributed by atoms with Gasteiger partial charge in [0.25, 0.3) is 0 Å². The Kier molecular flexibility index (Phi) is 6.39. The maximum Gasteiger partial charge on any atom is 0.225 e. The molecule has 0 radical (unpaired) electrons. The van der Waals surface area contributed by atoms with Gasteiger partial charge in [0.05, 0.1) is 0 Å². The zero-order valence-corrected chi connectivity index (χ0v) is 10.9. The highest BCUT2D eigenvalue weighted by Crippen LogP contribution is 2.12. The highest BCUT2D eigenvalue weighted by Gasteiger charge is 2.07. The van der Waals surface area contributed by atoms with Gasteiger partial charge >= 0.3 is 0 Å². The quantitative estimate of drug-likeness (QED) is 0.689. The molecule has 0 spiro atoms. The Morgan fingerprint density at radius 3 is 2.94 bits per heavy atom. The van der Waals surface area contributed by atoms with E-state index in [-0.39, 0.29) is 18.6 Å². The summed E-state index contributed by atoms with van der Waals surface area (Å²) in [5.41, 5.74) is 7.64. The second-order valence-corrected chi connectivity index (χ2v) is 4.45. The largest absolute Gasteiger partial charge is 0.396 e. The van der Waals surface area contributed by atoms with E-state index in [2.05, 4.69) is 5.32 Å². The lowest BCUT2D eigenvalue weighted by atomic mass is 10.1. The first kappa shape index (κ1) is 14.7. The van der Waals surface area contributed by atoms with Crippen molar-refractivity contribution in [1.29, 1.82) is 0 Å². The number of amides is 1. The molecular weight excluding hydrogens is 228 g/mol. The van der Waals surface area contributed by atoms with Crippen LogP contribution in [-0.2, 0) is 11.2 Å². The number of nitrogens with two attached hydrogens (primary N) is 1. The first-order valence-electron chi connectivity index (χ1n) is 6.41. The van der Waals surface area contributed by atoms with Gasteiger partial charge < -0.3 is 16.2 Å². The summed E-state index contributed by atoms with van der Waals surface area (Å²) in [4.78, 5) is 11.7. The van der Waals surface area contributed by atoms with Crippen molar-refractivity contribution >= 4 is 11.6 Å². The van der Waals surface area contributed by atoms with Crippen LogP contribution in [0.15, 0.2) is 24.3 Å². The van der Waals surface area contributed by atoms with Crippen LogP contribution in [0.3, 0.4) is 0 Å². The third-order valence-electron chi connectivity index (χ3n) is 2.81. The molecule has 0 heterocycles. The van der Waals surface area contributed by atoms with E-state index in [4.69, 9.17) is 10.8 Å². The molecule has 4 heteroatoms. The summed E-state index contributed by atoms with van der Waals surface area (Å²) in [5.74, 6) is -0.0522. The average Bonchev–Trinajstić information content (AvgIpc) is 2.36. The Balaban J connectivity index is 2.53. The molecule has 4 nitrogen and oxygen atoms in total. The van der Waals surface area contributed by atoms with Crippen LogP contribution in [0.5, 0.6) is 0 Å². The molecule has 1 unspecified atom stereocenters. The van der Waals surface area contributed by atoms with Crippen molar-refractivity contribution in [2.45, 2.75) is 38.6 Å². The Hall–Kier alpha value is -1.39. The Bertz CT molecular complexity index is 380. The van der Waals surface area contributed by atoms with Gasteiger partial charge in [-0.25, -0.2) is 0 Å². The van der Waals surface area contributed by atoms with E-state index in [9.17, 15) is 4.79 Å². The van der Waals surface area contributed by atoms with Gasteiger partial charge in [0.15, 0.2) is 0 Å². The van der Waals surface area contributed by atoms with E-state index in [1.807, 2.05) is 31.2 Å². The van der Waals surface area contributed by atoms with E-state index in [1.54, 1.807) is 0 Å². The molecule has 18 heavy (non-hydrogen) atoms. The first-order chi connectivity index (χ1) is 8.65. The molecule has 1 aromatic carbocycles. The molecule has 0 aromatic heterocycles. The van der Waals surface area contributed by atoms with Gasteiger partial charge in [-0.05, 0) is 37.0 Å². The number of nitrogens with one attached hydrogen (secondary N) is 1. The molecule has 4 N–H and O–H groups in total. The number of aliphatic hydroxyl groups excluding tert-OH is 1. The standard InChI is InChI=1S/C14H22N2O2/c1-2-12(15)10-14(18)16-13-7-3-5-11(9-13)6-4-8-17/h3,5,7,9,12,17H,2,4,6,8,10,15H2,1H3,(H,16,18). The van der Waals surface area contributed by atoms with E-state index >= 15 is 0 Å². The number of benzene rings is 1. The number of anilines is 1. The Morgan fingerprint density at radius 1 is 1.50 bits per heavy atom. The highest BCUT2D eigenvalue weighted by molar-refractivity contribution is 5.91. The Labute approximate surface area is 108 Å². The molecule has 0 aliphatic carbocycles. The number of hydrogen-bond donors (Lipinski definition) is 3. The van der Waals surface area contributed by atoms with Crippen LogP contribution in [0.25, 0.3) is 0 Å². The van der Waals surface area contributed by atoms with Crippen LogP contribution >= 0.6 is 0 Å². The predicted molar refractivity (Wildman–Crippen MR) is 73.4 cm³/mol. The second-order valence-electron chi connectivity index (χ2n) is 4.45. The summed E-state index contributed by atoms with van der Waals surface area (Å²) < 4.78 is 0. The summed E-state index contributed by atoms with van der Waals surface area (Å²) in [6.07, 6.45) is 2.69. The van der Waals surface area contributed by atoms with E-state index < -0.39 is 0 Å². The number of hydrogen-bond acceptors (Lipinski definition) is 3. The van der Waals surface area contributed by atoms with Crippen molar-refractivity contribution in [2.24, 2.45) is 5.73 Å². The number of rotatable bonds is 7. The zero-order valence-electron chi connectivity index (χ0n) is 10.9. The van der Waals surface area contributed by atoms with Gasteiger partial charge in [-0.1, -0.05) is 19.1 Å². The zero-order chi connectivity index (χ0) is 13.4. The van der Waals surface area contributed by atoms with Gasteiger partial charge in [-0.3, -0.25) is 4.79 Å². The predicted octanol–water partition coefficient (Wildman–Crippen LogP) is 1.68. The van der Waals surface area contributed by atoms with E-state index in [1.165, 1.54) is 0 Å². The molecular formula is C14H22N2O2. The average molecular weight is 250 g/mol. The van der Waals surface area contributed by atoms with E-state index in [0.717, 1.165) is 30.5 Å². The molecule has 0 bridgehead atoms. The minimum absolute atomic E-state index is 0.0522. The van der Waals surface area contributed by atoms with Gasteiger partial charge in [-0.15, -0.1) is 0 Å². The SMILES string of the molecule is CCC(N)CC(=O)Nc1cccc(CCCO)c1. The van der Waals surface area contributed by atoms with Crippen molar-refractivity contribution in [3.8, 4) is 0 Å². The molecule has 0 aliphatic heterocycles. The van der Waals surface area contributed by atoms with Crippen molar-refractivity contribution in [3.05, 3.63) is 29.8 Å². The van der Waals surface area contributed by atoms with Crippen molar-refractivity contribution < 1.29 is 9.90 Å². The normalized spacial score (nSPS) is 12.2. The number of carbonyl (C=O) groups is 1. The minimum Gasteiger partial charge on any atom is -0.396 e. The van der Waals surface area contributed by atoms with Crippen molar-refractivity contribution in [2.75, 3.05) is 11.9 Å². The molecule has 0 saturated heterocycles. The summed E-state index contributed by atoms with van der Waals surface area (Å²) in [7, 11) is 0. The minimum atomic E-state index is -0.0810. The van der Waals surface area contributed by atoms with Gasteiger partial charge in [0.2, 0.25) is 5.91 Å². The molecule has 0 fully saturated rings. The van der Waals surface area contributed by atoms with Crippen LogP contribution in [0.1, 0.15) is 31.7 Å². The van der Waals surface area contributed by atoms with Crippen LogP contribution < -0.4 is 11.1 Å². The van der Waals surface area contributed by atoms with Crippen LogP contribution in [0, 0.1) is 0 Å². The number of carbonyl (C=O) groups excluding carboxylic acids is 1. The number of aliphatic hydroxyl groups is 1. The van der Waals surface area contributed by atoms with Gasteiger partial charge in [-0.2, -0.15) is 0 Å². The molecule has 1 amide bonds. The fourth-order valence-electron chi connectivity index (χ4n) is 1.68. The van der Waals surface area contributed by atoms with E-state index in [0.29, 0.717) is 6.42 Å². The molecule has 1 aromatic rings.